The number of hydrogen-bond donors (Lipinski definition) is 0. The molecular formula is C16H16NS2+. The minimum absolute atomic E-state index is 0.473. The lowest BCUT2D eigenvalue weighted by Gasteiger charge is -2.07. The van der Waals surface area contributed by atoms with E-state index in [1.165, 1.54) is 20.1 Å². The van der Waals surface area contributed by atoms with Crippen molar-refractivity contribution in [2.24, 2.45) is 7.05 Å². The van der Waals surface area contributed by atoms with Gasteiger partial charge in [-0.25, -0.2) is 0 Å². The lowest BCUT2D eigenvalue weighted by Crippen LogP contribution is -2.28. The zero-order valence-corrected chi connectivity index (χ0v) is 12.7. The van der Waals surface area contributed by atoms with Crippen molar-refractivity contribution in [3.8, 4) is 0 Å². The van der Waals surface area contributed by atoms with Crippen LogP contribution in [0.3, 0.4) is 0 Å². The second-order valence-corrected chi connectivity index (χ2v) is 7.18. The third-order valence-corrected chi connectivity index (χ3v) is 5.90. The van der Waals surface area contributed by atoms with E-state index >= 15 is 0 Å². The molecule has 19 heavy (non-hydrogen) atoms. The maximum Gasteiger partial charge on any atom is 0.298 e. The van der Waals surface area contributed by atoms with E-state index in [1.807, 2.05) is 23.1 Å². The highest BCUT2D eigenvalue weighted by atomic mass is 32.2. The summed E-state index contributed by atoms with van der Waals surface area (Å²) < 4.78 is 5.01. The molecule has 0 aliphatic heterocycles. The van der Waals surface area contributed by atoms with Crippen LogP contribution in [0.25, 0.3) is 10.2 Å². The van der Waals surface area contributed by atoms with E-state index in [1.54, 1.807) is 0 Å². The third kappa shape index (κ3) is 2.53. The summed E-state index contributed by atoms with van der Waals surface area (Å²) in [6.07, 6.45) is 0. The Morgan fingerprint density at radius 3 is 2.42 bits per heavy atom. The smallest absolute Gasteiger partial charge is 0.179 e. The summed E-state index contributed by atoms with van der Waals surface area (Å²) in [4.78, 5) is 0. The number of rotatable bonds is 3. The number of aryl methyl sites for hydroxylation is 1. The molecule has 0 saturated carbocycles. The molecule has 0 aliphatic rings. The summed E-state index contributed by atoms with van der Waals surface area (Å²) in [5.41, 5.74) is 2.69. The highest BCUT2D eigenvalue weighted by Gasteiger charge is 2.20. The number of thiazole rings is 1. The van der Waals surface area contributed by atoms with Crippen LogP contribution in [0.5, 0.6) is 0 Å². The molecule has 96 valence electrons. The van der Waals surface area contributed by atoms with E-state index in [0.717, 1.165) is 0 Å². The largest absolute Gasteiger partial charge is 0.298 e. The highest BCUT2D eigenvalue weighted by Crippen LogP contribution is 2.37. The number of nitrogens with zero attached hydrogens (tertiary/aromatic N) is 1. The van der Waals surface area contributed by atoms with E-state index < -0.39 is 0 Å². The van der Waals surface area contributed by atoms with Gasteiger partial charge in [-0.2, -0.15) is 4.57 Å². The molecule has 1 heterocycles. The third-order valence-electron chi connectivity index (χ3n) is 3.24. The Bertz CT molecular complexity index is 688. The van der Waals surface area contributed by atoms with Crippen LogP contribution >= 0.6 is 23.1 Å². The van der Waals surface area contributed by atoms with Gasteiger partial charge in [-0.1, -0.05) is 53.8 Å². The van der Waals surface area contributed by atoms with Crippen LogP contribution in [0.15, 0.2) is 58.9 Å². The number of fused-ring (bicyclic) bond motifs is 1. The van der Waals surface area contributed by atoms with E-state index in [-0.39, 0.29) is 0 Å². The van der Waals surface area contributed by atoms with Crippen LogP contribution in [-0.2, 0) is 7.05 Å². The van der Waals surface area contributed by atoms with Crippen LogP contribution < -0.4 is 4.57 Å². The van der Waals surface area contributed by atoms with Gasteiger partial charge >= 0.3 is 0 Å². The molecule has 0 aliphatic carbocycles. The van der Waals surface area contributed by atoms with Gasteiger partial charge < -0.3 is 0 Å². The zero-order valence-electron chi connectivity index (χ0n) is 11.0. The second kappa shape index (κ2) is 5.35. The fourth-order valence-electron chi connectivity index (χ4n) is 2.13. The average molecular weight is 286 g/mol. The summed E-state index contributed by atoms with van der Waals surface area (Å²) >= 11 is 3.80. The normalized spacial score (nSPS) is 12.7. The molecular weight excluding hydrogens is 270 g/mol. The molecule has 0 saturated heterocycles. The maximum atomic E-state index is 2.30. The van der Waals surface area contributed by atoms with E-state index in [9.17, 15) is 0 Å². The lowest BCUT2D eigenvalue weighted by molar-refractivity contribution is -0.676. The van der Waals surface area contributed by atoms with Gasteiger partial charge in [-0.15, -0.1) is 0 Å². The summed E-state index contributed by atoms with van der Waals surface area (Å²) in [6.45, 7) is 2.27. The molecule has 0 N–H and O–H groups in total. The van der Waals surface area contributed by atoms with Crippen LogP contribution in [0.2, 0.25) is 0 Å². The lowest BCUT2D eigenvalue weighted by atomic mass is 10.2. The number of hydrogen-bond acceptors (Lipinski definition) is 2. The van der Waals surface area contributed by atoms with E-state index in [2.05, 4.69) is 73.1 Å². The first-order chi connectivity index (χ1) is 9.25. The summed E-state index contributed by atoms with van der Waals surface area (Å²) in [5, 5.41) is 0.473. The van der Waals surface area contributed by atoms with Crippen molar-refractivity contribution in [1.29, 1.82) is 0 Å². The second-order valence-electron chi connectivity index (χ2n) is 4.57. The van der Waals surface area contributed by atoms with E-state index in [4.69, 9.17) is 0 Å². The monoisotopic (exact) mass is 286 g/mol. The first kappa shape index (κ1) is 12.7. The van der Waals surface area contributed by atoms with Crippen LogP contribution in [0.4, 0.5) is 0 Å². The molecule has 0 amide bonds. The van der Waals surface area contributed by atoms with Crippen molar-refractivity contribution in [3.05, 3.63) is 60.2 Å². The van der Waals surface area contributed by atoms with Crippen LogP contribution in [0.1, 0.15) is 17.7 Å². The minimum atomic E-state index is 0.473. The zero-order chi connectivity index (χ0) is 13.2. The molecule has 1 unspecified atom stereocenters. The van der Waals surface area contributed by atoms with Crippen molar-refractivity contribution < 1.29 is 4.57 Å². The maximum absolute atomic E-state index is 2.30. The predicted molar refractivity (Wildman–Crippen MR) is 83.7 cm³/mol. The van der Waals surface area contributed by atoms with Crippen molar-refractivity contribution in [3.63, 3.8) is 0 Å². The Kier molecular flexibility index (Phi) is 3.58. The standard InChI is InChI=1S/C16H16NS2/c1-12(13-8-4-3-5-9-13)18-16-17(2)14-10-6-7-11-15(14)19-16/h3-12H,1-2H3/q+1. The van der Waals surface area contributed by atoms with Gasteiger partial charge in [0.2, 0.25) is 5.52 Å². The molecule has 1 atom stereocenters. The van der Waals surface area contributed by atoms with Gasteiger partial charge in [0.15, 0.2) is 0 Å². The van der Waals surface area contributed by atoms with Crippen molar-refractivity contribution in [2.75, 3.05) is 0 Å². The van der Waals surface area contributed by atoms with Gasteiger partial charge in [-0.05, 0) is 30.3 Å². The topological polar surface area (TPSA) is 3.88 Å². The quantitative estimate of drug-likeness (QED) is 0.503. The summed E-state index contributed by atoms with van der Waals surface area (Å²) in [7, 11) is 2.15. The van der Waals surface area contributed by atoms with Crippen molar-refractivity contribution in [2.45, 2.75) is 16.5 Å². The molecule has 0 bridgehead atoms. The first-order valence-corrected chi connectivity index (χ1v) is 8.04. The predicted octanol–water partition coefficient (Wildman–Crippen LogP) is 4.58. The molecule has 3 heteroatoms. The molecule has 1 nitrogen and oxygen atoms in total. The fourth-order valence-corrected chi connectivity index (χ4v) is 4.75. The van der Waals surface area contributed by atoms with E-state index in [0.29, 0.717) is 5.25 Å². The van der Waals surface area contributed by atoms with Crippen LogP contribution in [0, 0.1) is 0 Å². The molecule has 0 spiro atoms. The van der Waals surface area contributed by atoms with Crippen LogP contribution in [-0.4, -0.2) is 0 Å². The number of aromatic nitrogens is 1. The van der Waals surface area contributed by atoms with Gasteiger partial charge in [0.05, 0.1) is 0 Å². The molecule has 2 aromatic carbocycles. The highest BCUT2D eigenvalue weighted by molar-refractivity contribution is 8.01. The molecule has 1 aromatic heterocycles. The Balaban J connectivity index is 1.91. The Hall–Kier alpha value is -1.32. The minimum Gasteiger partial charge on any atom is -0.179 e. The summed E-state index contributed by atoms with van der Waals surface area (Å²) in [5.74, 6) is 0. The summed E-state index contributed by atoms with van der Waals surface area (Å²) in [6, 6.07) is 19.3. The van der Waals surface area contributed by atoms with Gasteiger partial charge in [0, 0.05) is 11.3 Å². The van der Waals surface area contributed by atoms with Gasteiger partial charge in [0.1, 0.15) is 11.7 Å². The van der Waals surface area contributed by atoms with Crippen molar-refractivity contribution in [1.82, 2.24) is 0 Å². The molecule has 3 aromatic rings. The molecule has 0 radical (unpaired) electrons. The number of para-hydroxylation sites is 1. The Morgan fingerprint density at radius 2 is 1.68 bits per heavy atom. The average Bonchev–Trinajstić information content (AvgIpc) is 2.77. The fraction of sp³-hybridized carbons (Fsp3) is 0.188. The molecule has 3 rings (SSSR count). The van der Waals surface area contributed by atoms with Crippen molar-refractivity contribution >= 4 is 33.3 Å². The van der Waals surface area contributed by atoms with Gasteiger partial charge in [-0.3, -0.25) is 0 Å². The van der Waals surface area contributed by atoms with Gasteiger partial charge in [0.25, 0.3) is 4.34 Å². The first-order valence-electron chi connectivity index (χ1n) is 6.35. The molecule has 0 fully saturated rings. The SMILES string of the molecule is CC(Sc1sc2ccccc2[n+]1C)c1ccccc1. The Morgan fingerprint density at radius 1 is 1.00 bits per heavy atom. The number of benzene rings is 2. The Labute approximate surface area is 121 Å². The number of thioether (sulfide) groups is 1.